The molecule has 0 unspecified atom stereocenters. The maximum Gasteiger partial charge on any atom is 0.227 e. The summed E-state index contributed by atoms with van der Waals surface area (Å²) in [6.07, 6.45) is 7.21. The molecule has 2 heterocycles. The van der Waals surface area contributed by atoms with Crippen molar-refractivity contribution >= 4 is 11.3 Å². The first-order chi connectivity index (χ1) is 9.24. The molecule has 0 saturated carbocycles. The quantitative estimate of drug-likeness (QED) is 0.596. The molecule has 0 fully saturated rings. The first kappa shape index (κ1) is 13.6. The molecule has 0 aliphatic rings. The lowest BCUT2D eigenvalue weighted by Gasteiger charge is -2.15. The van der Waals surface area contributed by atoms with Crippen molar-refractivity contribution in [2.45, 2.75) is 13.5 Å². The zero-order chi connectivity index (χ0) is 13.7. The fourth-order valence-electron chi connectivity index (χ4n) is 1.79. The van der Waals surface area contributed by atoms with Crippen molar-refractivity contribution in [1.29, 1.82) is 0 Å². The lowest BCUT2D eigenvalue weighted by molar-refractivity contribution is 0.326. The summed E-state index contributed by atoms with van der Waals surface area (Å²) in [6, 6.07) is 2.00. The van der Waals surface area contributed by atoms with Gasteiger partial charge in [-0.1, -0.05) is 12.0 Å². The van der Waals surface area contributed by atoms with E-state index in [-0.39, 0.29) is 0 Å². The van der Waals surface area contributed by atoms with E-state index in [0.717, 1.165) is 23.6 Å². The normalized spacial score (nSPS) is 10.6. The highest BCUT2D eigenvalue weighted by Gasteiger charge is 2.14. The van der Waals surface area contributed by atoms with Gasteiger partial charge < -0.3 is 4.42 Å². The van der Waals surface area contributed by atoms with E-state index in [1.54, 1.807) is 11.3 Å². The number of oxazole rings is 1. The molecule has 0 aliphatic heterocycles. The smallest absolute Gasteiger partial charge is 0.227 e. The molecule has 0 amide bonds. The summed E-state index contributed by atoms with van der Waals surface area (Å²) < 4.78 is 5.71. The van der Waals surface area contributed by atoms with Gasteiger partial charge in [-0.3, -0.25) is 4.90 Å². The Bertz CT molecular complexity index is 578. The van der Waals surface area contributed by atoms with Crippen LogP contribution in [0.2, 0.25) is 0 Å². The molecule has 2 aromatic rings. The number of rotatable bonds is 6. The van der Waals surface area contributed by atoms with Crippen molar-refractivity contribution in [2.75, 3.05) is 13.1 Å². The summed E-state index contributed by atoms with van der Waals surface area (Å²) in [5, 5.41) is 4.04. The predicted molar refractivity (Wildman–Crippen MR) is 78.9 cm³/mol. The number of terminal acetylenes is 1. The first-order valence-electron chi connectivity index (χ1n) is 6.00. The van der Waals surface area contributed by atoms with Crippen LogP contribution in [0.25, 0.3) is 11.5 Å². The van der Waals surface area contributed by atoms with Crippen molar-refractivity contribution < 1.29 is 4.42 Å². The van der Waals surface area contributed by atoms with E-state index >= 15 is 0 Å². The van der Waals surface area contributed by atoms with Gasteiger partial charge in [-0.05, 0) is 18.4 Å². The van der Waals surface area contributed by atoms with E-state index in [1.165, 1.54) is 0 Å². The summed E-state index contributed by atoms with van der Waals surface area (Å²) in [5.41, 5.74) is 1.95. The third-order valence-corrected chi connectivity index (χ3v) is 3.42. The van der Waals surface area contributed by atoms with Crippen LogP contribution in [0.15, 0.2) is 33.9 Å². The van der Waals surface area contributed by atoms with Crippen LogP contribution in [-0.4, -0.2) is 23.0 Å². The molecule has 4 heteroatoms. The Hall–Kier alpha value is -1.83. The van der Waals surface area contributed by atoms with Crippen LogP contribution in [-0.2, 0) is 6.54 Å². The molecule has 0 N–H and O–H groups in total. The lowest BCUT2D eigenvalue weighted by Crippen LogP contribution is -2.24. The van der Waals surface area contributed by atoms with Gasteiger partial charge in [0.2, 0.25) is 5.89 Å². The number of aryl methyl sites for hydroxylation is 1. The Labute approximate surface area is 117 Å². The van der Waals surface area contributed by atoms with E-state index in [1.807, 2.05) is 29.8 Å². The van der Waals surface area contributed by atoms with Crippen LogP contribution in [0.5, 0.6) is 0 Å². The fourth-order valence-corrected chi connectivity index (χ4v) is 2.42. The van der Waals surface area contributed by atoms with E-state index in [9.17, 15) is 0 Å². The minimum atomic E-state index is 0.576. The SMILES string of the molecule is C#CCN(CC=C)Cc1nc(-c2ccsc2)oc1C. The van der Waals surface area contributed by atoms with Crippen LogP contribution in [0.4, 0.5) is 0 Å². The molecule has 2 rings (SSSR count). The Morgan fingerprint density at radius 3 is 3.11 bits per heavy atom. The molecule has 2 aromatic heterocycles. The van der Waals surface area contributed by atoms with Crippen LogP contribution < -0.4 is 0 Å². The van der Waals surface area contributed by atoms with Crippen molar-refractivity contribution in [1.82, 2.24) is 9.88 Å². The van der Waals surface area contributed by atoms with Crippen molar-refractivity contribution in [3.05, 3.63) is 40.9 Å². The van der Waals surface area contributed by atoms with Crippen LogP contribution in [0.1, 0.15) is 11.5 Å². The zero-order valence-electron chi connectivity index (χ0n) is 10.9. The van der Waals surface area contributed by atoms with Gasteiger partial charge in [0.05, 0.1) is 12.2 Å². The Morgan fingerprint density at radius 1 is 1.63 bits per heavy atom. The number of nitrogens with zero attached hydrogens (tertiary/aromatic N) is 2. The van der Waals surface area contributed by atoms with Crippen molar-refractivity contribution in [3.63, 3.8) is 0 Å². The molecule has 0 spiro atoms. The maximum atomic E-state index is 5.71. The lowest BCUT2D eigenvalue weighted by atomic mass is 10.3. The third kappa shape index (κ3) is 3.34. The summed E-state index contributed by atoms with van der Waals surface area (Å²) in [6.45, 7) is 7.66. The number of hydrogen-bond donors (Lipinski definition) is 0. The highest BCUT2D eigenvalue weighted by Crippen LogP contribution is 2.24. The Kier molecular flexibility index (Phi) is 4.56. The van der Waals surface area contributed by atoms with Gasteiger partial charge in [0, 0.05) is 24.0 Å². The van der Waals surface area contributed by atoms with E-state index in [0.29, 0.717) is 19.0 Å². The molecule has 0 bridgehead atoms. The second-order valence-electron chi connectivity index (χ2n) is 4.20. The second kappa shape index (κ2) is 6.37. The molecule has 0 aliphatic carbocycles. The summed E-state index contributed by atoms with van der Waals surface area (Å²) in [5.74, 6) is 4.16. The van der Waals surface area contributed by atoms with Crippen LogP contribution in [0, 0.1) is 19.3 Å². The van der Waals surface area contributed by atoms with Crippen LogP contribution in [0.3, 0.4) is 0 Å². The van der Waals surface area contributed by atoms with E-state index < -0.39 is 0 Å². The van der Waals surface area contributed by atoms with E-state index in [2.05, 4.69) is 22.4 Å². The number of hydrogen-bond acceptors (Lipinski definition) is 4. The summed E-state index contributed by atoms with van der Waals surface area (Å²) in [7, 11) is 0. The third-order valence-electron chi connectivity index (χ3n) is 2.74. The second-order valence-corrected chi connectivity index (χ2v) is 4.98. The van der Waals surface area contributed by atoms with Gasteiger partial charge >= 0.3 is 0 Å². The molecule has 98 valence electrons. The van der Waals surface area contributed by atoms with Gasteiger partial charge in [0.25, 0.3) is 0 Å². The van der Waals surface area contributed by atoms with Gasteiger partial charge in [-0.25, -0.2) is 4.98 Å². The molecule has 0 aromatic carbocycles. The molecule has 3 nitrogen and oxygen atoms in total. The van der Waals surface area contributed by atoms with Crippen molar-refractivity contribution in [3.8, 4) is 23.8 Å². The Morgan fingerprint density at radius 2 is 2.47 bits per heavy atom. The predicted octanol–water partition coefficient (Wildman–Crippen LogP) is 3.33. The van der Waals surface area contributed by atoms with Gasteiger partial charge in [0.15, 0.2) is 0 Å². The van der Waals surface area contributed by atoms with Crippen molar-refractivity contribution in [2.24, 2.45) is 0 Å². The number of aromatic nitrogens is 1. The highest BCUT2D eigenvalue weighted by molar-refractivity contribution is 7.08. The zero-order valence-corrected chi connectivity index (χ0v) is 11.7. The van der Waals surface area contributed by atoms with E-state index in [4.69, 9.17) is 10.8 Å². The average Bonchev–Trinajstić information content (AvgIpc) is 3.00. The molecular weight excluding hydrogens is 256 g/mol. The molecule has 0 saturated heterocycles. The standard InChI is InChI=1S/C15H16N2OS/c1-4-7-17(8-5-2)10-14-12(3)18-15(16-14)13-6-9-19-11-13/h1,5-6,9,11H,2,7-8,10H2,3H3. The topological polar surface area (TPSA) is 29.3 Å². The maximum absolute atomic E-state index is 5.71. The average molecular weight is 272 g/mol. The molecule has 0 radical (unpaired) electrons. The van der Waals surface area contributed by atoms with Gasteiger partial charge in [-0.15, -0.1) is 13.0 Å². The van der Waals surface area contributed by atoms with Crippen LogP contribution >= 0.6 is 11.3 Å². The summed E-state index contributed by atoms with van der Waals surface area (Å²) >= 11 is 1.63. The van der Waals surface area contributed by atoms with Gasteiger partial charge in [-0.2, -0.15) is 11.3 Å². The minimum absolute atomic E-state index is 0.576. The number of thiophene rings is 1. The molecular formula is C15H16N2OS. The van der Waals surface area contributed by atoms with Gasteiger partial charge in [0.1, 0.15) is 5.76 Å². The Balaban J connectivity index is 2.16. The molecule has 19 heavy (non-hydrogen) atoms. The molecule has 0 atom stereocenters. The monoisotopic (exact) mass is 272 g/mol. The summed E-state index contributed by atoms with van der Waals surface area (Å²) in [4.78, 5) is 6.64. The fraction of sp³-hybridized carbons (Fsp3) is 0.267. The largest absolute Gasteiger partial charge is 0.441 e. The minimum Gasteiger partial charge on any atom is -0.441 e. The highest BCUT2D eigenvalue weighted by atomic mass is 32.1. The first-order valence-corrected chi connectivity index (χ1v) is 6.94.